The Morgan fingerprint density at radius 2 is 1.80 bits per heavy atom. The quantitative estimate of drug-likeness (QED) is 0.336. The second-order valence-electron chi connectivity index (χ2n) is 10.3. The number of alkyl halides is 2. The van der Waals surface area contributed by atoms with Gasteiger partial charge in [-0.25, -0.2) is 38.5 Å². The number of nitrogens with one attached hydrogen (secondary N) is 1. The van der Waals surface area contributed by atoms with Crippen LogP contribution in [0.5, 0.6) is 0 Å². The molecular weight excluding hydrogens is 542 g/mol. The normalized spacial score (nSPS) is 19.7. The molecule has 0 bridgehead atoms. The largest absolute Gasteiger partial charge is 0.340 e. The Morgan fingerprint density at radius 1 is 1.12 bits per heavy atom. The van der Waals surface area contributed by atoms with Crippen LogP contribution in [0, 0.1) is 11.8 Å². The van der Waals surface area contributed by atoms with Crippen molar-refractivity contribution in [2.75, 3.05) is 23.3 Å². The number of halogens is 2. The summed E-state index contributed by atoms with van der Waals surface area (Å²) in [7, 11) is 1.42. The molecule has 1 amide bonds. The fourth-order valence-corrected chi connectivity index (χ4v) is 5.14. The van der Waals surface area contributed by atoms with Gasteiger partial charge in [0.1, 0.15) is 17.6 Å². The third kappa shape index (κ3) is 4.35. The van der Waals surface area contributed by atoms with E-state index in [0.29, 0.717) is 11.5 Å². The summed E-state index contributed by atoms with van der Waals surface area (Å²) in [4.78, 5) is 73.4. The molecule has 1 N–H and O–H groups in total. The number of carbonyl (C=O) groups is 2. The van der Waals surface area contributed by atoms with Crippen molar-refractivity contribution in [2.24, 2.45) is 18.9 Å². The van der Waals surface area contributed by atoms with Gasteiger partial charge in [0.2, 0.25) is 11.9 Å². The topological polar surface area (TPSA) is 163 Å². The van der Waals surface area contributed by atoms with Crippen LogP contribution in [-0.4, -0.2) is 69.3 Å². The highest BCUT2D eigenvalue weighted by molar-refractivity contribution is 5.93. The molecule has 1 aliphatic heterocycles. The molecule has 16 heteroatoms. The Kier molecular flexibility index (Phi) is 6.00. The summed E-state index contributed by atoms with van der Waals surface area (Å²) < 4.78 is 30.3. The summed E-state index contributed by atoms with van der Waals surface area (Å²) in [5.41, 5.74) is -0.894. The maximum Gasteiger partial charge on any atom is 0.332 e. The average molecular weight is 567 g/mol. The number of hydrogen-bond acceptors (Lipinski definition) is 10. The fourth-order valence-electron chi connectivity index (χ4n) is 5.14. The third-order valence-corrected chi connectivity index (χ3v) is 7.52. The molecule has 6 rings (SSSR count). The Balaban J connectivity index is 1.20. The van der Waals surface area contributed by atoms with Crippen LogP contribution >= 0.6 is 0 Å². The van der Waals surface area contributed by atoms with Crippen molar-refractivity contribution in [3.05, 3.63) is 51.8 Å². The van der Waals surface area contributed by atoms with Crippen LogP contribution in [0.15, 0.2) is 40.6 Å². The summed E-state index contributed by atoms with van der Waals surface area (Å²) in [6.07, 6.45) is 5.70. The second-order valence-corrected chi connectivity index (χ2v) is 10.3. The molecule has 4 aromatic rings. The molecule has 4 aromatic heterocycles. The Labute approximate surface area is 229 Å². The van der Waals surface area contributed by atoms with Crippen LogP contribution in [0.1, 0.15) is 19.9 Å². The van der Waals surface area contributed by atoms with Crippen LogP contribution in [0.3, 0.4) is 0 Å². The highest BCUT2D eigenvalue weighted by Crippen LogP contribution is 2.59. The number of amides is 1. The van der Waals surface area contributed by atoms with Gasteiger partial charge in [0.15, 0.2) is 17.0 Å². The summed E-state index contributed by atoms with van der Waals surface area (Å²) in [6, 6.07) is 0.534. The summed E-state index contributed by atoms with van der Waals surface area (Å²) >= 11 is 0. The number of piperidine rings is 1. The monoisotopic (exact) mass is 566 g/mol. The predicted molar refractivity (Wildman–Crippen MR) is 140 cm³/mol. The first-order valence-corrected chi connectivity index (χ1v) is 12.7. The van der Waals surface area contributed by atoms with Gasteiger partial charge in [-0.1, -0.05) is 0 Å². The first kappa shape index (κ1) is 26.3. The molecule has 0 spiro atoms. The molecule has 0 aromatic carbocycles. The molecule has 1 aliphatic carbocycles. The summed E-state index contributed by atoms with van der Waals surface area (Å²) in [5.74, 6) is -4.05. The maximum atomic E-state index is 13.5. The van der Waals surface area contributed by atoms with Crippen LogP contribution in [-0.2, 0) is 23.2 Å². The number of ketones is 1. The molecule has 2 aliphatic rings. The van der Waals surface area contributed by atoms with E-state index in [-0.39, 0.29) is 41.7 Å². The lowest BCUT2D eigenvalue weighted by Gasteiger charge is -2.19. The lowest BCUT2D eigenvalue weighted by molar-refractivity contribution is -0.119. The highest BCUT2D eigenvalue weighted by atomic mass is 19.3. The smallest absolute Gasteiger partial charge is 0.332 e. The van der Waals surface area contributed by atoms with Gasteiger partial charge in [0, 0.05) is 38.7 Å². The Bertz CT molecular complexity index is 1820. The number of aromatic nitrogens is 8. The number of nitrogens with zero attached hydrogens (tertiary/aromatic N) is 9. The molecule has 5 heterocycles. The number of fused-ring (bicyclic) bond motifs is 2. The van der Waals surface area contributed by atoms with Gasteiger partial charge in [-0.3, -0.25) is 23.5 Å². The number of hydrogen-bond donors (Lipinski definition) is 1. The van der Waals surface area contributed by atoms with E-state index in [0.717, 1.165) is 9.13 Å². The van der Waals surface area contributed by atoms with Gasteiger partial charge in [-0.2, -0.15) is 0 Å². The molecule has 14 nitrogen and oxygen atoms in total. The van der Waals surface area contributed by atoms with E-state index in [2.05, 4.69) is 30.2 Å². The summed E-state index contributed by atoms with van der Waals surface area (Å²) in [6.45, 7) is 2.82. The number of aryl methyl sites for hydroxylation is 1. The minimum atomic E-state index is -2.59. The van der Waals surface area contributed by atoms with Gasteiger partial charge in [-0.05, 0) is 19.9 Å². The molecule has 41 heavy (non-hydrogen) atoms. The predicted octanol–water partition coefficient (Wildman–Crippen LogP) is 0.634. The van der Waals surface area contributed by atoms with Gasteiger partial charge >= 0.3 is 5.69 Å². The van der Waals surface area contributed by atoms with E-state index in [9.17, 15) is 28.0 Å². The van der Waals surface area contributed by atoms with Crippen LogP contribution in [0.25, 0.3) is 22.6 Å². The van der Waals surface area contributed by atoms with Crippen LogP contribution < -0.4 is 21.5 Å². The van der Waals surface area contributed by atoms with E-state index in [1.54, 1.807) is 11.8 Å². The molecule has 1 saturated carbocycles. The van der Waals surface area contributed by atoms with E-state index in [4.69, 9.17) is 0 Å². The number of anilines is 2. The van der Waals surface area contributed by atoms with E-state index < -0.39 is 47.5 Å². The van der Waals surface area contributed by atoms with E-state index in [1.165, 1.54) is 49.5 Å². The SMILES string of the molecule is CC(=O)Cn1c(=O)c2c(ncn2C(C)C(=O)Nc2ccnc(-c3cnc(N4CC5C(C4)C5(F)F)nc3)n2)n(C)c1=O. The van der Waals surface area contributed by atoms with Crippen molar-refractivity contribution in [1.29, 1.82) is 0 Å². The molecule has 3 atom stereocenters. The van der Waals surface area contributed by atoms with Crippen molar-refractivity contribution < 1.29 is 18.4 Å². The maximum absolute atomic E-state index is 13.5. The highest BCUT2D eigenvalue weighted by Gasteiger charge is 2.72. The zero-order valence-corrected chi connectivity index (χ0v) is 22.2. The first-order valence-electron chi connectivity index (χ1n) is 12.7. The molecule has 1 saturated heterocycles. The van der Waals surface area contributed by atoms with Crippen molar-refractivity contribution in [2.45, 2.75) is 32.4 Å². The Hall–Kier alpha value is -4.89. The van der Waals surface area contributed by atoms with Crippen LogP contribution in [0.4, 0.5) is 20.5 Å². The van der Waals surface area contributed by atoms with Gasteiger partial charge < -0.3 is 14.8 Å². The zero-order valence-electron chi connectivity index (χ0n) is 22.2. The lowest BCUT2D eigenvalue weighted by Crippen LogP contribution is -2.41. The lowest BCUT2D eigenvalue weighted by atomic mass is 10.3. The average Bonchev–Trinajstić information content (AvgIpc) is 3.38. The standard InChI is InChI=1S/C25H24F2N10O4/c1-12(38)8-36-22(40)18-20(34(3)24(36)41)31-11-37(18)13(2)21(39)33-17-4-5-28-19(32-17)14-6-29-23(30-7-14)35-9-15-16(10-35)25(15,26)27/h4-7,11,13,15-16H,8-10H2,1-3H3,(H,28,32,33,39). The van der Waals surface area contributed by atoms with Gasteiger partial charge in [0.05, 0.1) is 30.3 Å². The number of carbonyl (C=O) groups excluding carboxylic acids is 2. The molecule has 212 valence electrons. The second kappa shape index (κ2) is 9.35. The minimum Gasteiger partial charge on any atom is -0.340 e. The number of Topliss-reactive ketones (excluding diaryl/α,β-unsaturated/α-hetero) is 1. The number of imidazole rings is 1. The minimum absolute atomic E-state index is 0.00404. The Morgan fingerprint density at radius 3 is 2.46 bits per heavy atom. The fraction of sp³-hybridized carbons (Fsp3) is 0.400. The molecule has 0 radical (unpaired) electrons. The van der Waals surface area contributed by atoms with E-state index in [1.807, 2.05) is 0 Å². The first-order chi connectivity index (χ1) is 19.5. The summed E-state index contributed by atoms with van der Waals surface area (Å²) in [5, 5.41) is 2.68. The van der Waals surface area contributed by atoms with E-state index >= 15 is 0 Å². The third-order valence-electron chi connectivity index (χ3n) is 7.52. The van der Waals surface area contributed by atoms with Crippen molar-refractivity contribution >= 4 is 34.6 Å². The van der Waals surface area contributed by atoms with Crippen molar-refractivity contribution in [3.63, 3.8) is 0 Å². The number of rotatable bonds is 7. The van der Waals surface area contributed by atoms with Gasteiger partial charge in [-0.15, -0.1) is 0 Å². The molecular formula is C25H24F2N10O4. The molecule has 2 fully saturated rings. The van der Waals surface area contributed by atoms with Gasteiger partial charge in [0.25, 0.3) is 11.5 Å². The molecule has 3 unspecified atom stereocenters. The van der Waals surface area contributed by atoms with Crippen LogP contribution in [0.2, 0.25) is 0 Å². The van der Waals surface area contributed by atoms with Crippen molar-refractivity contribution in [3.8, 4) is 11.4 Å². The zero-order chi connectivity index (χ0) is 29.2. The van der Waals surface area contributed by atoms with Crippen molar-refractivity contribution in [1.82, 2.24) is 38.6 Å².